The van der Waals surface area contributed by atoms with Gasteiger partial charge in [-0.3, -0.25) is 19.0 Å². The lowest BCUT2D eigenvalue weighted by Crippen LogP contribution is -2.34. The van der Waals surface area contributed by atoms with Gasteiger partial charge in [-0.2, -0.15) is 5.10 Å². The lowest BCUT2D eigenvalue weighted by molar-refractivity contribution is 0.630. The van der Waals surface area contributed by atoms with Gasteiger partial charge < -0.3 is 11.1 Å². The third-order valence-electron chi connectivity index (χ3n) is 2.89. The van der Waals surface area contributed by atoms with E-state index in [9.17, 15) is 9.59 Å². The standard InChI is InChI=1S/C12H18N6O2/c1-2-6-18-10(13)9(11(19)16-12(18)20)14-5-8-17-7-3-4-15-17/h3-4,7,14H,2,5-6,8,13H2,1H3,(H,16,19,20). The minimum Gasteiger partial charge on any atom is -0.383 e. The lowest BCUT2D eigenvalue weighted by Gasteiger charge is -2.13. The molecule has 2 heterocycles. The molecule has 0 aliphatic heterocycles. The van der Waals surface area contributed by atoms with Crippen LogP contribution in [0, 0.1) is 0 Å². The molecule has 8 nitrogen and oxygen atoms in total. The van der Waals surface area contributed by atoms with Crippen LogP contribution in [0.3, 0.4) is 0 Å². The quantitative estimate of drug-likeness (QED) is 0.680. The highest BCUT2D eigenvalue weighted by atomic mass is 16.2. The van der Waals surface area contributed by atoms with Gasteiger partial charge in [0.25, 0.3) is 5.56 Å². The number of nitrogens with zero attached hydrogens (tertiary/aromatic N) is 3. The molecular formula is C12H18N6O2. The van der Waals surface area contributed by atoms with Crippen molar-refractivity contribution in [3.8, 4) is 0 Å². The molecule has 0 fully saturated rings. The number of nitrogens with two attached hydrogens (primary N) is 1. The van der Waals surface area contributed by atoms with E-state index in [1.807, 2.05) is 19.2 Å². The van der Waals surface area contributed by atoms with Gasteiger partial charge in [0, 0.05) is 25.5 Å². The zero-order chi connectivity index (χ0) is 14.5. The monoisotopic (exact) mass is 278 g/mol. The Hall–Kier alpha value is -2.51. The highest BCUT2D eigenvalue weighted by molar-refractivity contribution is 5.60. The Morgan fingerprint density at radius 3 is 2.85 bits per heavy atom. The summed E-state index contributed by atoms with van der Waals surface area (Å²) in [5.41, 5.74) is 5.14. The summed E-state index contributed by atoms with van der Waals surface area (Å²) in [5.74, 6) is 0.168. The number of aromatic nitrogens is 4. The molecule has 0 aromatic carbocycles. The highest BCUT2D eigenvalue weighted by Crippen LogP contribution is 2.09. The molecule has 0 unspecified atom stereocenters. The second-order valence-corrected chi connectivity index (χ2v) is 4.37. The van der Waals surface area contributed by atoms with E-state index in [-0.39, 0.29) is 11.5 Å². The van der Waals surface area contributed by atoms with Crippen molar-refractivity contribution >= 4 is 11.5 Å². The smallest absolute Gasteiger partial charge is 0.330 e. The maximum absolute atomic E-state index is 11.8. The number of hydrogen-bond donors (Lipinski definition) is 3. The van der Waals surface area contributed by atoms with Crippen molar-refractivity contribution in [1.29, 1.82) is 0 Å². The molecule has 2 aromatic rings. The van der Waals surface area contributed by atoms with E-state index in [4.69, 9.17) is 5.73 Å². The molecule has 4 N–H and O–H groups in total. The molecule has 2 aromatic heterocycles. The first-order chi connectivity index (χ1) is 9.63. The summed E-state index contributed by atoms with van der Waals surface area (Å²) in [6.45, 7) is 3.48. The number of rotatable bonds is 6. The number of hydrogen-bond acceptors (Lipinski definition) is 5. The number of nitrogens with one attached hydrogen (secondary N) is 2. The Labute approximate surface area is 115 Å². The summed E-state index contributed by atoms with van der Waals surface area (Å²) in [5, 5.41) is 7.01. The number of anilines is 2. The largest absolute Gasteiger partial charge is 0.383 e. The Morgan fingerprint density at radius 2 is 2.20 bits per heavy atom. The molecule has 108 valence electrons. The van der Waals surface area contributed by atoms with E-state index < -0.39 is 11.2 Å². The minimum atomic E-state index is -0.500. The van der Waals surface area contributed by atoms with Crippen LogP contribution >= 0.6 is 0 Å². The highest BCUT2D eigenvalue weighted by Gasteiger charge is 2.11. The summed E-state index contributed by atoms with van der Waals surface area (Å²) in [6.07, 6.45) is 4.26. The van der Waals surface area contributed by atoms with Crippen LogP contribution in [-0.4, -0.2) is 25.9 Å². The number of nitrogen functional groups attached to an aromatic ring is 1. The summed E-state index contributed by atoms with van der Waals surface area (Å²) < 4.78 is 3.09. The van der Waals surface area contributed by atoms with E-state index in [1.54, 1.807) is 10.9 Å². The van der Waals surface area contributed by atoms with Crippen molar-refractivity contribution in [3.05, 3.63) is 39.3 Å². The van der Waals surface area contributed by atoms with Crippen LogP contribution in [0.25, 0.3) is 0 Å². The molecule has 20 heavy (non-hydrogen) atoms. The second-order valence-electron chi connectivity index (χ2n) is 4.37. The third-order valence-corrected chi connectivity index (χ3v) is 2.89. The first kappa shape index (κ1) is 13.9. The number of H-pyrrole nitrogens is 1. The fraction of sp³-hybridized carbons (Fsp3) is 0.417. The summed E-state index contributed by atoms with van der Waals surface area (Å²) >= 11 is 0. The van der Waals surface area contributed by atoms with Crippen LogP contribution < -0.4 is 22.3 Å². The van der Waals surface area contributed by atoms with Crippen LogP contribution in [0.2, 0.25) is 0 Å². The molecule has 0 bridgehead atoms. The number of aromatic amines is 1. The van der Waals surface area contributed by atoms with Crippen molar-refractivity contribution in [3.63, 3.8) is 0 Å². The van der Waals surface area contributed by atoms with Gasteiger partial charge in [-0.05, 0) is 12.5 Å². The average molecular weight is 278 g/mol. The molecule has 8 heteroatoms. The maximum Gasteiger partial charge on any atom is 0.330 e. The van der Waals surface area contributed by atoms with Gasteiger partial charge in [0.2, 0.25) is 0 Å². The van der Waals surface area contributed by atoms with Crippen molar-refractivity contribution in [2.75, 3.05) is 17.6 Å². The van der Waals surface area contributed by atoms with Crippen molar-refractivity contribution in [2.45, 2.75) is 26.4 Å². The molecule has 0 saturated heterocycles. The molecule has 0 aliphatic rings. The van der Waals surface area contributed by atoms with E-state index in [0.717, 1.165) is 6.42 Å². The molecule has 0 radical (unpaired) electrons. The minimum absolute atomic E-state index is 0.168. The van der Waals surface area contributed by atoms with Crippen molar-refractivity contribution in [1.82, 2.24) is 19.3 Å². The van der Waals surface area contributed by atoms with Gasteiger partial charge in [0.15, 0.2) is 0 Å². The van der Waals surface area contributed by atoms with E-state index in [2.05, 4.69) is 15.4 Å². The van der Waals surface area contributed by atoms with Crippen LogP contribution in [0.4, 0.5) is 11.5 Å². The van der Waals surface area contributed by atoms with Gasteiger partial charge in [0.05, 0.1) is 6.54 Å². The molecule has 0 atom stereocenters. The molecule has 0 amide bonds. The lowest BCUT2D eigenvalue weighted by atomic mass is 10.4. The fourth-order valence-corrected chi connectivity index (χ4v) is 1.93. The maximum atomic E-state index is 11.8. The molecule has 2 rings (SSSR count). The van der Waals surface area contributed by atoms with E-state index in [0.29, 0.717) is 19.6 Å². The topological polar surface area (TPSA) is 111 Å². The average Bonchev–Trinajstić information content (AvgIpc) is 2.91. The summed E-state index contributed by atoms with van der Waals surface area (Å²) in [4.78, 5) is 25.7. The van der Waals surface area contributed by atoms with Crippen LogP contribution in [0.15, 0.2) is 28.0 Å². The predicted molar refractivity (Wildman–Crippen MR) is 76.7 cm³/mol. The molecular weight excluding hydrogens is 260 g/mol. The van der Waals surface area contributed by atoms with E-state index >= 15 is 0 Å². The zero-order valence-electron chi connectivity index (χ0n) is 11.3. The Balaban J connectivity index is 2.16. The zero-order valence-corrected chi connectivity index (χ0v) is 11.3. The van der Waals surface area contributed by atoms with Crippen LogP contribution in [-0.2, 0) is 13.1 Å². The molecule has 0 saturated carbocycles. The van der Waals surface area contributed by atoms with Gasteiger partial charge in [-0.15, -0.1) is 0 Å². The Kier molecular flexibility index (Phi) is 4.24. The van der Waals surface area contributed by atoms with Crippen molar-refractivity contribution < 1.29 is 0 Å². The normalized spacial score (nSPS) is 10.7. The van der Waals surface area contributed by atoms with Crippen LogP contribution in [0.5, 0.6) is 0 Å². The van der Waals surface area contributed by atoms with Gasteiger partial charge >= 0.3 is 5.69 Å². The summed E-state index contributed by atoms with van der Waals surface area (Å²) in [7, 11) is 0. The van der Waals surface area contributed by atoms with Crippen LogP contribution in [0.1, 0.15) is 13.3 Å². The molecule has 0 spiro atoms. The fourth-order valence-electron chi connectivity index (χ4n) is 1.93. The van der Waals surface area contributed by atoms with Gasteiger partial charge in [0.1, 0.15) is 11.5 Å². The van der Waals surface area contributed by atoms with E-state index in [1.165, 1.54) is 4.57 Å². The second kappa shape index (κ2) is 6.09. The first-order valence-corrected chi connectivity index (χ1v) is 6.47. The predicted octanol–water partition coefficient (Wildman–Crippen LogP) is -0.163. The third kappa shape index (κ3) is 2.90. The van der Waals surface area contributed by atoms with Gasteiger partial charge in [-0.1, -0.05) is 6.92 Å². The van der Waals surface area contributed by atoms with Gasteiger partial charge in [-0.25, -0.2) is 4.79 Å². The first-order valence-electron chi connectivity index (χ1n) is 6.47. The van der Waals surface area contributed by atoms with Crippen molar-refractivity contribution in [2.24, 2.45) is 0 Å². The molecule has 0 aliphatic carbocycles. The SMILES string of the molecule is CCCn1c(N)c(NCCn2cccn2)c(=O)[nH]c1=O. The summed E-state index contributed by atoms with van der Waals surface area (Å²) in [6, 6.07) is 1.82. The Morgan fingerprint density at radius 1 is 1.40 bits per heavy atom. The Bertz CT molecular complexity index is 670.